The van der Waals surface area contributed by atoms with E-state index in [4.69, 9.17) is 4.42 Å². The first-order valence-corrected chi connectivity index (χ1v) is 9.01. The van der Waals surface area contributed by atoms with E-state index in [1.54, 1.807) is 11.2 Å². The first-order valence-electron chi connectivity index (χ1n) is 7.57. The molecule has 1 aliphatic heterocycles. The molecule has 0 spiro atoms. The van der Waals surface area contributed by atoms with Gasteiger partial charge in [-0.2, -0.15) is 4.31 Å². The van der Waals surface area contributed by atoms with E-state index in [0.717, 1.165) is 24.8 Å². The smallest absolute Gasteiger partial charge is 0.247 e. The Balaban J connectivity index is 2.53. The van der Waals surface area contributed by atoms with Crippen molar-refractivity contribution < 1.29 is 12.8 Å². The molecule has 2 rings (SSSR count). The van der Waals surface area contributed by atoms with Crippen LogP contribution in [0.15, 0.2) is 9.31 Å². The normalized spacial score (nSPS) is 24.4. The molecule has 2 atom stereocenters. The number of nitrogens with zero attached hydrogens (tertiary/aromatic N) is 1. The van der Waals surface area contributed by atoms with E-state index in [1.165, 1.54) is 0 Å². The van der Waals surface area contributed by atoms with Gasteiger partial charge in [-0.3, -0.25) is 0 Å². The molecule has 0 bridgehead atoms. The zero-order valence-electron chi connectivity index (χ0n) is 13.6. The molecule has 1 fully saturated rings. The maximum atomic E-state index is 13.2. The summed E-state index contributed by atoms with van der Waals surface area (Å²) in [6, 6.07) is 0.0755. The van der Waals surface area contributed by atoms with Gasteiger partial charge in [-0.05, 0) is 47.6 Å². The van der Waals surface area contributed by atoms with Crippen LogP contribution < -0.4 is 5.32 Å². The zero-order chi connectivity index (χ0) is 15.8. The molecule has 1 aliphatic rings. The fourth-order valence-corrected chi connectivity index (χ4v) is 5.71. The van der Waals surface area contributed by atoms with E-state index in [9.17, 15) is 8.42 Å². The highest BCUT2D eigenvalue weighted by atomic mass is 32.2. The average Bonchev–Trinajstić information content (AvgIpc) is 2.64. The molecule has 2 heterocycles. The highest BCUT2D eigenvalue weighted by molar-refractivity contribution is 7.89. The Hall–Kier alpha value is -0.850. The molecule has 5 nitrogen and oxygen atoms in total. The summed E-state index contributed by atoms with van der Waals surface area (Å²) in [7, 11) is -1.71. The molecule has 0 aromatic carbocycles. The van der Waals surface area contributed by atoms with Gasteiger partial charge >= 0.3 is 0 Å². The Morgan fingerprint density at radius 2 is 1.76 bits per heavy atom. The molecule has 1 saturated heterocycles. The van der Waals surface area contributed by atoms with Gasteiger partial charge in [0, 0.05) is 24.2 Å². The van der Waals surface area contributed by atoms with E-state index in [0.29, 0.717) is 23.0 Å². The van der Waals surface area contributed by atoms with E-state index in [2.05, 4.69) is 5.32 Å². The lowest BCUT2D eigenvalue weighted by atomic mass is 10.0. The predicted molar refractivity (Wildman–Crippen MR) is 82.7 cm³/mol. The van der Waals surface area contributed by atoms with Gasteiger partial charge in [0.2, 0.25) is 10.0 Å². The van der Waals surface area contributed by atoms with Crippen molar-refractivity contribution in [2.45, 2.75) is 70.5 Å². The lowest BCUT2D eigenvalue weighted by Gasteiger charge is -2.37. The third-order valence-corrected chi connectivity index (χ3v) is 6.65. The van der Waals surface area contributed by atoms with Crippen molar-refractivity contribution in [1.29, 1.82) is 0 Å². The zero-order valence-corrected chi connectivity index (χ0v) is 14.4. The summed E-state index contributed by atoms with van der Waals surface area (Å²) in [6.45, 7) is 8.04. The maximum absolute atomic E-state index is 13.2. The quantitative estimate of drug-likeness (QED) is 0.928. The number of rotatable bonds is 4. The second kappa shape index (κ2) is 6.10. The van der Waals surface area contributed by atoms with Crippen molar-refractivity contribution in [2.24, 2.45) is 0 Å². The lowest BCUT2D eigenvalue weighted by Crippen LogP contribution is -2.47. The summed E-state index contributed by atoms with van der Waals surface area (Å²) in [5.74, 6) is 1.17. The lowest BCUT2D eigenvalue weighted by molar-refractivity contribution is 0.204. The maximum Gasteiger partial charge on any atom is 0.247 e. The van der Waals surface area contributed by atoms with Gasteiger partial charge in [0.25, 0.3) is 0 Å². The van der Waals surface area contributed by atoms with Gasteiger partial charge in [0.1, 0.15) is 16.4 Å². The third kappa shape index (κ3) is 2.89. The van der Waals surface area contributed by atoms with Gasteiger partial charge in [-0.15, -0.1) is 0 Å². The summed E-state index contributed by atoms with van der Waals surface area (Å²) in [5, 5.41) is 3.03. The van der Waals surface area contributed by atoms with Crippen molar-refractivity contribution in [3.05, 3.63) is 17.1 Å². The van der Waals surface area contributed by atoms with Crippen molar-refractivity contribution in [3.63, 3.8) is 0 Å². The topological polar surface area (TPSA) is 62.6 Å². The van der Waals surface area contributed by atoms with E-state index in [-0.39, 0.29) is 12.1 Å². The molecular formula is C15H26N2O3S. The number of sulfonamides is 1. The molecule has 1 aromatic heterocycles. The largest absolute Gasteiger partial charge is 0.465 e. The highest BCUT2D eigenvalue weighted by Gasteiger charge is 2.39. The van der Waals surface area contributed by atoms with Crippen LogP contribution in [0.5, 0.6) is 0 Å². The average molecular weight is 314 g/mol. The molecule has 0 radical (unpaired) electrons. The fraction of sp³-hybridized carbons (Fsp3) is 0.733. The minimum Gasteiger partial charge on any atom is -0.465 e. The van der Waals surface area contributed by atoms with E-state index < -0.39 is 10.0 Å². The van der Waals surface area contributed by atoms with Gasteiger partial charge in [-0.1, -0.05) is 6.42 Å². The van der Waals surface area contributed by atoms with Gasteiger partial charge < -0.3 is 9.73 Å². The van der Waals surface area contributed by atoms with Crippen LogP contribution in [-0.2, 0) is 16.6 Å². The van der Waals surface area contributed by atoms with Gasteiger partial charge in [0.05, 0.1) is 0 Å². The first kappa shape index (κ1) is 16.5. The van der Waals surface area contributed by atoms with Crippen molar-refractivity contribution in [1.82, 2.24) is 9.62 Å². The van der Waals surface area contributed by atoms with Crippen LogP contribution in [0.4, 0.5) is 0 Å². The molecule has 0 amide bonds. The standard InChI is InChI=1S/C15H26N2O3S/c1-10-7-6-8-11(2)17(10)21(18,19)15-13(4)20-12(3)14(15)9-16-5/h10-11,16H,6-9H2,1-5H3. The molecule has 2 unspecified atom stereocenters. The van der Waals surface area contributed by atoms with Crippen LogP contribution in [0.3, 0.4) is 0 Å². The van der Waals surface area contributed by atoms with E-state index in [1.807, 2.05) is 27.8 Å². The summed E-state index contributed by atoms with van der Waals surface area (Å²) >= 11 is 0. The van der Waals surface area contributed by atoms with E-state index >= 15 is 0 Å². The Morgan fingerprint density at radius 3 is 2.29 bits per heavy atom. The number of furan rings is 1. The second-order valence-electron chi connectivity index (χ2n) is 6.02. The molecule has 0 aliphatic carbocycles. The Bertz CT molecular complexity index is 597. The molecule has 0 saturated carbocycles. The monoisotopic (exact) mass is 314 g/mol. The van der Waals surface area contributed by atoms with Gasteiger partial charge in [0.15, 0.2) is 0 Å². The summed E-state index contributed by atoms with van der Waals surface area (Å²) in [4.78, 5) is 0.356. The van der Waals surface area contributed by atoms with Crippen LogP contribution >= 0.6 is 0 Å². The Kier molecular flexibility index (Phi) is 4.80. The molecule has 6 heteroatoms. The molecule has 120 valence electrons. The molecule has 1 aromatic rings. The van der Waals surface area contributed by atoms with Crippen molar-refractivity contribution >= 4 is 10.0 Å². The van der Waals surface area contributed by atoms with Crippen LogP contribution in [0.2, 0.25) is 0 Å². The summed E-state index contributed by atoms with van der Waals surface area (Å²) < 4.78 is 33.6. The number of hydrogen-bond acceptors (Lipinski definition) is 4. The van der Waals surface area contributed by atoms with Crippen LogP contribution in [0, 0.1) is 13.8 Å². The van der Waals surface area contributed by atoms with Gasteiger partial charge in [-0.25, -0.2) is 8.42 Å². The number of nitrogens with one attached hydrogen (secondary N) is 1. The van der Waals surface area contributed by atoms with Crippen LogP contribution in [0.25, 0.3) is 0 Å². The summed E-state index contributed by atoms with van der Waals surface area (Å²) in [6.07, 6.45) is 2.92. The highest BCUT2D eigenvalue weighted by Crippen LogP contribution is 2.34. The molecule has 21 heavy (non-hydrogen) atoms. The van der Waals surface area contributed by atoms with Crippen LogP contribution in [0.1, 0.15) is 50.2 Å². The number of hydrogen-bond donors (Lipinski definition) is 1. The van der Waals surface area contributed by atoms with Crippen molar-refractivity contribution in [3.8, 4) is 0 Å². The molecule has 1 N–H and O–H groups in total. The summed E-state index contributed by atoms with van der Waals surface area (Å²) in [5.41, 5.74) is 0.750. The van der Waals surface area contributed by atoms with Crippen molar-refractivity contribution in [2.75, 3.05) is 7.05 Å². The third-order valence-electron chi connectivity index (χ3n) is 4.33. The second-order valence-corrected chi connectivity index (χ2v) is 7.80. The fourth-order valence-electron chi connectivity index (χ4n) is 3.41. The minimum absolute atomic E-state index is 0.0378. The minimum atomic E-state index is -3.52. The Morgan fingerprint density at radius 1 is 1.19 bits per heavy atom. The number of piperidine rings is 1. The van der Waals surface area contributed by atoms with Crippen LogP contribution in [-0.4, -0.2) is 31.9 Å². The first-order chi connectivity index (χ1) is 9.80. The molecular weight excluding hydrogens is 288 g/mol. The number of aryl methyl sites for hydroxylation is 2. The SMILES string of the molecule is CNCc1c(C)oc(C)c1S(=O)(=O)N1C(C)CCCC1C. The Labute approximate surface area is 127 Å². The predicted octanol–water partition coefficient (Wildman–Crippen LogP) is 2.57.